The van der Waals surface area contributed by atoms with Crippen molar-refractivity contribution < 1.29 is 22.4 Å². The van der Waals surface area contributed by atoms with Gasteiger partial charge in [-0.15, -0.1) is 0 Å². The predicted molar refractivity (Wildman–Crippen MR) is 186 cm³/mol. The third-order valence-electron chi connectivity index (χ3n) is 7.04. The molecule has 2 unspecified atom stereocenters. The van der Waals surface area contributed by atoms with E-state index in [0.29, 0.717) is 17.0 Å². The van der Waals surface area contributed by atoms with E-state index in [1.54, 1.807) is 19.1 Å². The van der Waals surface area contributed by atoms with Crippen molar-refractivity contribution in [2.24, 2.45) is 45.3 Å². The Hall–Kier alpha value is -3.46. The molecule has 47 heavy (non-hydrogen) atoms. The van der Waals surface area contributed by atoms with Gasteiger partial charge in [-0.2, -0.15) is 22.7 Å². The lowest BCUT2D eigenvalue weighted by Gasteiger charge is -2.27. The summed E-state index contributed by atoms with van der Waals surface area (Å²) in [5, 5.41) is 18.6. The molecule has 0 bridgehead atoms. The number of unbranched alkanes of at least 4 members (excludes halogenated alkanes) is 1. The van der Waals surface area contributed by atoms with Gasteiger partial charge in [0, 0.05) is 19.3 Å². The van der Waals surface area contributed by atoms with Crippen molar-refractivity contribution in [3.8, 4) is 0 Å². The predicted octanol–water partition coefficient (Wildman–Crippen LogP) is 4.88. The molecule has 2 atom stereocenters. The third kappa shape index (κ3) is 21.9. The topological polar surface area (TPSA) is 183 Å². The van der Waals surface area contributed by atoms with Crippen molar-refractivity contribution >= 4 is 23.8 Å². The molecular weight excluding hydrogens is 616 g/mol. The maximum atomic E-state index is 12.8. The van der Waals surface area contributed by atoms with Crippen LogP contribution >= 0.6 is 0 Å². The Morgan fingerprint density at radius 3 is 1.91 bits per heavy atom. The monoisotopic (exact) mass is 676 g/mol. The molecule has 2 aliphatic carbocycles. The number of halogens is 4. The molecule has 272 valence electrons. The zero-order valence-electron chi connectivity index (χ0n) is 29.2. The number of nitrogens with one attached hydrogen (secondary N) is 4. The maximum absolute atomic E-state index is 12.8. The molecule has 0 amide bonds. The molecule has 0 heterocycles. The van der Waals surface area contributed by atoms with Crippen LogP contribution in [0.4, 0.5) is 17.6 Å². The number of hydrogen-bond acceptors (Lipinski definition) is 10. The molecule has 0 aromatic heterocycles. The minimum absolute atomic E-state index is 0.130. The molecule has 2 rings (SSSR count). The van der Waals surface area contributed by atoms with Gasteiger partial charge in [-0.05, 0) is 89.1 Å². The zero-order chi connectivity index (χ0) is 36.6. The minimum Gasteiger partial charge on any atom is -0.405 e. The van der Waals surface area contributed by atoms with E-state index in [-0.39, 0.29) is 24.0 Å². The summed E-state index contributed by atoms with van der Waals surface area (Å²) < 4.78 is 49.7. The van der Waals surface area contributed by atoms with Crippen LogP contribution in [-0.2, 0) is 4.79 Å². The highest BCUT2D eigenvalue weighted by atomic mass is 19.4. The molecule has 0 saturated heterocycles. The maximum Gasteiger partial charge on any atom is 0.407 e. The quantitative estimate of drug-likeness (QED) is 0.0301. The van der Waals surface area contributed by atoms with Crippen molar-refractivity contribution in [1.29, 1.82) is 5.41 Å². The summed E-state index contributed by atoms with van der Waals surface area (Å²) >= 11 is 0. The second-order valence-corrected chi connectivity index (χ2v) is 11.4. The number of aldehydes is 1. The lowest BCUT2D eigenvalue weighted by Crippen LogP contribution is -2.52. The Balaban J connectivity index is 0. The number of allylic oxidation sites excluding steroid dienone is 3. The molecule has 0 radical (unpaired) electrons. The molecule has 2 aliphatic rings. The van der Waals surface area contributed by atoms with E-state index in [4.69, 9.17) is 22.8 Å². The number of nitrogens with zero attached hydrogens (tertiary/aromatic N) is 3. The summed E-state index contributed by atoms with van der Waals surface area (Å²) in [7, 11) is 3.29. The molecule has 0 aliphatic heterocycles. The largest absolute Gasteiger partial charge is 0.407 e. The van der Waals surface area contributed by atoms with Crippen molar-refractivity contribution in [2.75, 3.05) is 20.6 Å². The number of aliphatic imine (C=N–C) groups is 1. The Morgan fingerprint density at radius 1 is 1.11 bits per heavy atom. The number of nitrogens with two attached hydrogens (primary N) is 3. The Bertz CT molecular complexity index is 992. The average molecular weight is 677 g/mol. The van der Waals surface area contributed by atoms with E-state index >= 15 is 0 Å². The number of carbonyl (C=O) groups excluding carboxylic acids is 1. The van der Waals surface area contributed by atoms with Crippen molar-refractivity contribution in [1.82, 2.24) is 21.0 Å². The van der Waals surface area contributed by atoms with Crippen LogP contribution in [0.15, 0.2) is 46.9 Å². The first-order chi connectivity index (χ1) is 22.1. The Morgan fingerprint density at radius 2 is 1.64 bits per heavy atom. The van der Waals surface area contributed by atoms with E-state index in [2.05, 4.69) is 46.5 Å². The number of alkyl halides is 3. The highest BCUT2D eigenvalue weighted by Crippen LogP contribution is 2.50. The van der Waals surface area contributed by atoms with E-state index in [0.717, 1.165) is 30.0 Å². The third-order valence-corrected chi connectivity index (χ3v) is 7.04. The molecule has 0 aromatic rings. The van der Waals surface area contributed by atoms with Crippen LogP contribution in [0.2, 0.25) is 0 Å². The normalized spacial score (nSPS) is 16.5. The number of likely N-dealkylation sites (N-methyl/N-ethyl adjacent to an activating group) is 1. The smallest absolute Gasteiger partial charge is 0.405 e. The van der Waals surface area contributed by atoms with Gasteiger partial charge in [0.2, 0.25) is 5.97 Å². The molecule has 15 heteroatoms. The van der Waals surface area contributed by atoms with E-state index in [1.807, 2.05) is 20.9 Å². The fourth-order valence-corrected chi connectivity index (χ4v) is 4.29. The van der Waals surface area contributed by atoms with E-state index in [1.165, 1.54) is 51.8 Å². The number of carbonyl (C=O) groups is 1. The van der Waals surface area contributed by atoms with Crippen LogP contribution in [0.25, 0.3) is 0 Å². The van der Waals surface area contributed by atoms with Crippen LogP contribution in [0.5, 0.6) is 0 Å². The standard InChI is InChI=1S/C10H19F4N7.C10H17NO.C8H14N2.C4H10/c1-3-6(19-4-7(18-2)8(11)15)9(20-16)21(17)5-10(12,13)14;1-11-9(6-12)10(7-2-3-7)8-4-5-8;1-4-8(5-6-9)10-7(2)3;1-3-4-2/h4,6,15,18-19H,3,5,16-17H2,1-2H3;6-11H,2-5H2,1H3;4-7H,1,9H2,2-3H3;3-4H2,1-2H3/b7-4+,15-8?,20-9-;;6-5-,10-8?;. The van der Waals surface area contributed by atoms with Crippen molar-refractivity contribution in [2.45, 2.75) is 104 Å². The molecule has 11 nitrogen and oxygen atoms in total. The average Bonchev–Trinajstić information content (AvgIpc) is 3.94. The van der Waals surface area contributed by atoms with E-state index < -0.39 is 24.7 Å². The van der Waals surface area contributed by atoms with Gasteiger partial charge in [-0.1, -0.05) is 40.2 Å². The number of hydrazone groups is 1. The molecule has 2 fully saturated rings. The summed E-state index contributed by atoms with van der Waals surface area (Å²) in [5.41, 5.74) is 5.83. The first-order valence-corrected chi connectivity index (χ1v) is 16.1. The van der Waals surface area contributed by atoms with Gasteiger partial charge < -0.3 is 32.3 Å². The summed E-state index contributed by atoms with van der Waals surface area (Å²) in [6.07, 6.45) is 10.9. The summed E-state index contributed by atoms with van der Waals surface area (Å²) in [5.74, 6) is 11.3. The Kier molecular flexibility index (Phi) is 24.9. The number of hydrogen-bond donors (Lipinski definition) is 7. The Labute approximate surface area is 279 Å². The minimum atomic E-state index is -4.52. The van der Waals surface area contributed by atoms with Crippen molar-refractivity contribution in [3.63, 3.8) is 0 Å². The van der Waals surface area contributed by atoms with E-state index in [9.17, 15) is 22.4 Å². The highest BCUT2D eigenvalue weighted by molar-refractivity contribution is 6.03. The fraction of sp³-hybridized carbons (Fsp3) is 0.688. The summed E-state index contributed by atoms with van der Waals surface area (Å²) in [6, 6.07) is -0.348. The number of rotatable bonds is 16. The van der Waals surface area contributed by atoms with Gasteiger partial charge in [0.15, 0.2) is 5.84 Å². The zero-order valence-corrected chi connectivity index (χ0v) is 29.2. The lowest BCUT2D eigenvalue weighted by molar-refractivity contribution is -0.138. The fourth-order valence-electron chi connectivity index (χ4n) is 4.29. The van der Waals surface area contributed by atoms with Gasteiger partial charge in [-0.25, -0.2) is 5.84 Å². The molecule has 2 saturated carbocycles. The molecule has 0 aromatic carbocycles. The molecular formula is C32H60F4N10O. The summed E-state index contributed by atoms with van der Waals surface area (Å²) in [6.45, 7) is 12.2. The first-order valence-electron chi connectivity index (χ1n) is 16.1. The van der Waals surface area contributed by atoms with Gasteiger partial charge in [0.25, 0.3) is 0 Å². The number of amidine groups is 1. The lowest BCUT2D eigenvalue weighted by atomic mass is 9.90. The number of hydrazine groups is 1. The van der Waals surface area contributed by atoms with Crippen LogP contribution in [-0.4, -0.2) is 73.7 Å². The van der Waals surface area contributed by atoms with Crippen LogP contribution < -0.4 is 33.4 Å². The van der Waals surface area contributed by atoms with Gasteiger partial charge in [0.05, 0.1) is 17.8 Å². The molecule has 0 spiro atoms. The second-order valence-electron chi connectivity index (χ2n) is 11.4. The van der Waals surface area contributed by atoms with Crippen LogP contribution in [0.1, 0.15) is 79.6 Å². The molecule has 10 N–H and O–H groups in total. The summed E-state index contributed by atoms with van der Waals surface area (Å²) in [4.78, 5) is 15.0. The van der Waals surface area contributed by atoms with Crippen LogP contribution in [0, 0.1) is 23.2 Å². The highest BCUT2D eigenvalue weighted by Gasteiger charge is 2.44. The first kappa shape index (κ1) is 45.7. The second kappa shape index (κ2) is 25.6. The van der Waals surface area contributed by atoms with Gasteiger partial charge in [0.1, 0.15) is 18.5 Å². The van der Waals surface area contributed by atoms with Gasteiger partial charge in [-0.3, -0.25) is 15.4 Å². The SMILES string of the molecule is C=CC(/C=C\N)=NC(C)C.CCC(N/C=C(/NC)C(=N)F)/C(=N/N)N(N)CC(F)(F)F.CCCC.CNC(C=O)C(C1CC1)C1CC1. The van der Waals surface area contributed by atoms with Crippen LogP contribution in [0.3, 0.4) is 0 Å². The van der Waals surface area contributed by atoms with Gasteiger partial charge >= 0.3 is 6.18 Å². The van der Waals surface area contributed by atoms with Crippen molar-refractivity contribution in [3.05, 3.63) is 36.8 Å².